The van der Waals surface area contributed by atoms with Gasteiger partial charge >= 0.3 is 0 Å². The molecule has 0 radical (unpaired) electrons. The minimum Gasteiger partial charge on any atom is -0.492 e. The number of likely N-dealkylation sites (N-methyl/N-ethyl adjacent to an activating group) is 1. The zero-order valence-electron chi connectivity index (χ0n) is 18.6. The molecule has 32 heavy (non-hydrogen) atoms. The molecule has 0 heterocycles. The number of hydrogen-bond acceptors (Lipinski definition) is 6. The molecule has 1 aliphatic carbocycles. The van der Waals surface area contributed by atoms with Gasteiger partial charge in [-0.1, -0.05) is 30.3 Å². The van der Waals surface area contributed by atoms with Gasteiger partial charge in [0.1, 0.15) is 12.4 Å². The number of ether oxygens (including phenoxy) is 1. The van der Waals surface area contributed by atoms with Crippen LogP contribution in [-0.2, 0) is 17.6 Å². The normalized spacial score (nSPS) is 15.3. The maximum absolute atomic E-state index is 11.2. The van der Waals surface area contributed by atoms with Crippen molar-refractivity contribution in [1.29, 1.82) is 0 Å². The first kappa shape index (κ1) is 23.9. The van der Waals surface area contributed by atoms with Crippen LogP contribution in [0, 0.1) is 0 Å². The fourth-order valence-corrected chi connectivity index (χ4v) is 4.16. The highest BCUT2D eigenvalue weighted by molar-refractivity contribution is 5.90. The van der Waals surface area contributed by atoms with Crippen LogP contribution in [0.3, 0.4) is 0 Å². The molecule has 7 heteroatoms. The third-order valence-corrected chi connectivity index (χ3v) is 5.81. The lowest BCUT2D eigenvalue weighted by molar-refractivity contribution is -0.124. The summed E-state index contributed by atoms with van der Waals surface area (Å²) < 4.78 is 5.69. The first-order valence-corrected chi connectivity index (χ1v) is 11.1. The Morgan fingerprint density at radius 2 is 2.03 bits per heavy atom. The summed E-state index contributed by atoms with van der Waals surface area (Å²) in [4.78, 5) is 13.6. The highest BCUT2D eigenvalue weighted by atomic mass is 16.5. The molecular formula is C25H33N3O4. The molecule has 0 fully saturated rings. The van der Waals surface area contributed by atoms with Gasteiger partial charge in [-0.05, 0) is 66.8 Å². The summed E-state index contributed by atoms with van der Waals surface area (Å²) in [6.45, 7) is 3.08. The highest BCUT2D eigenvalue weighted by Gasteiger charge is 2.27. The molecule has 1 atom stereocenters. The van der Waals surface area contributed by atoms with E-state index in [-0.39, 0.29) is 12.6 Å². The molecule has 2 aromatic rings. The number of aryl methyl sites for hydroxylation is 1. The van der Waals surface area contributed by atoms with Crippen LogP contribution < -0.4 is 15.5 Å². The van der Waals surface area contributed by atoms with Gasteiger partial charge in [0.25, 0.3) is 5.91 Å². The van der Waals surface area contributed by atoms with Crippen molar-refractivity contribution in [3.05, 3.63) is 70.8 Å². The summed E-state index contributed by atoms with van der Waals surface area (Å²) in [6, 6.07) is 14.7. The van der Waals surface area contributed by atoms with Gasteiger partial charge in [0.05, 0.1) is 6.61 Å². The lowest BCUT2D eigenvalue weighted by Gasteiger charge is -2.29. The van der Waals surface area contributed by atoms with Crippen molar-refractivity contribution in [3.8, 4) is 5.75 Å². The van der Waals surface area contributed by atoms with Crippen LogP contribution in [0.1, 0.15) is 34.7 Å². The van der Waals surface area contributed by atoms with Crippen LogP contribution in [0.2, 0.25) is 0 Å². The molecule has 1 aliphatic rings. The molecule has 0 saturated heterocycles. The number of nitrogens with one attached hydrogen (secondary N) is 2. The number of carbonyl (C=O) groups is 1. The molecule has 0 aliphatic heterocycles. The number of amides is 1. The minimum absolute atomic E-state index is 0.126. The molecule has 0 saturated carbocycles. The van der Waals surface area contributed by atoms with Crippen LogP contribution >= 0.6 is 0 Å². The van der Waals surface area contributed by atoms with Crippen LogP contribution in [0.4, 0.5) is 0 Å². The Kier molecular flexibility index (Phi) is 9.25. The van der Waals surface area contributed by atoms with Gasteiger partial charge in [-0.15, -0.1) is 0 Å². The van der Waals surface area contributed by atoms with E-state index in [4.69, 9.17) is 9.94 Å². The van der Waals surface area contributed by atoms with Gasteiger partial charge in [-0.25, -0.2) is 5.48 Å². The average Bonchev–Trinajstić information content (AvgIpc) is 3.24. The van der Waals surface area contributed by atoms with E-state index in [0.29, 0.717) is 13.2 Å². The van der Waals surface area contributed by atoms with Gasteiger partial charge in [0.15, 0.2) is 0 Å². The number of aliphatic hydroxyl groups excluding tert-OH is 1. The molecule has 1 unspecified atom stereocenters. The molecule has 0 spiro atoms. The van der Waals surface area contributed by atoms with Crippen LogP contribution in [0.25, 0.3) is 6.08 Å². The Balaban J connectivity index is 1.62. The summed E-state index contributed by atoms with van der Waals surface area (Å²) in [6.07, 6.45) is 5.88. The standard InChI is InChI=1S/C25H33N3O4/c1-26-13-17-32-22-7-2-19(3-8-22)12-14-28(15-16-29)24-10-6-21-18-20(4-9-23(21)24)5-11-25(30)27-31/h2-5,7-9,11,18,24,26,29,31H,6,10,12-17H2,1H3,(H,27,30)/b11-5+. The number of fused-ring (bicyclic) bond motifs is 1. The average molecular weight is 440 g/mol. The van der Waals surface area contributed by atoms with Crippen LogP contribution in [0.15, 0.2) is 48.5 Å². The zero-order valence-corrected chi connectivity index (χ0v) is 18.6. The molecule has 2 aromatic carbocycles. The fourth-order valence-electron chi connectivity index (χ4n) is 4.16. The Hall–Kier alpha value is -2.71. The number of rotatable bonds is 12. The molecular weight excluding hydrogens is 406 g/mol. The van der Waals surface area contributed by atoms with Crippen molar-refractivity contribution in [2.45, 2.75) is 25.3 Å². The number of nitrogens with zero attached hydrogens (tertiary/aromatic N) is 1. The maximum atomic E-state index is 11.2. The first-order valence-electron chi connectivity index (χ1n) is 11.1. The van der Waals surface area contributed by atoms with Crippen molar-refractivity contribution < 1.29 is 19.8 Å². The van der Waals surface area contributed by atoms with Crippen LogP contribution in [-0.4, -0.2) is 61.0 Å². The summed E-state index contributed by atoms with van der Waals surface area (Å²) in [7, 11) is 1.91. The van der Waals surface area contributed by atoms with E-state index in [1.54, 1.807) is 11.6 Å². The number of carbonyl (C=O) groups excluding carboxylic acids is 1. The SMILES string of the molecule is CNCCOc1ccc(CCN(CCO)C2CCc3cc(/C=C/C(=O)NO)ccc32)cc1. The molecule has 0 aromatic heterocycles. The van der Waals surface area contributed by atoms with E-state index in [2.05, 4.69) is 34.5 Å². The number of hydroxylamine groups is 1. The summed E-state index contributed by atoms with van der Waals surface area (Å²) >= 11 is 0. The Morgan fingerprint density at radius 3 is 2.75 bits per heavy atom. The third-order valence-electron chi connectivity index (χ3n) is 5.81. The lowest BCUT2D eigenvalue weighted by Crippen LogP contribution is -2.32. The largest absolute Gasteiger partial charge is 0.492 e. The van der Waals surface area contributed by atoms with Crippen molar-refractivity contribution >= 4 is 12.0 Å². The minimum atomic E-state index is -0.546. The molecule has 3 rings (SSSR count). The molecule has 0 bridgehead atoms. The maximum Gasteiger partial charge on any atom is 0.267 e. The number of hydrogen-bond donors (Lipinski definition) is 4. The Bertz CT molecular complexity index is 899. The quantitative estimate of drug-likeness (QED) is 0.176. The van der Waals surface area contributed by atoms with E-state index in [0.717, 1.165) is 43.7 Å². The predicted octanol–water partition coefficient (Wildman–Crippen LogP) is 2.33. The topological polar surface area (TPSA) is 94.1 Å². The van der Waals surface area contributed by atoms with E-state index in [1.807, 2.05) is 25.2 Å². The summed E-state index contributed by atoms with van der Waals surface area (Å²) in [5, 5.41) is 21.3. The number of aliphatic hydroxyl groups is 1. The second-order valence-electron chi connectivity index (χ2n) is 7.93. The van der Waals surface area contributed by atoms with Gasteiger partial charge in [0, 0.05) is 31.8 Å². The summed E-state index contributed by atoms with van der Waals surface area (Å²) in [5.74, 6) is 0.331. The van der Waals surface area contributed by atoms with Gasteiger partial charge in [-0.3, -0.25) is 14.9 Å². The predicted molar refractivity (Wildman–Crippen MR) is 125 cm³/mol. The van der Waals surface area contributed by atoms with E-state index >= 15 is 0 Å². The lowest BCUT2D eigenvalue weighted by atomic mass is 10.0. The van der Waals surface area contributed by atoms with Crippen molar-refractivity contribution in [2.24, 2.45) is 0 Å². The Morgan fingerprint density at radius 1 is 1.22 bits per heavy atom. The van der Waals surface area contributed by atoms with Crippen LogP contribution in [0.5, 0.6) is 5.75 Å². The highest BCUT2D eigenvalue weighted by Crippen LogP contribution is 2.36. The second kappa shape index (κ2) is 12.4. The third kappa shape index (κ3) is 6.64. The van der Waals surface area contributed by atoms with Gasteiger partial charge < -0.3 is 15.2 Å². The molecule has 7 nitrogen and oxygen atoms in total. The van der Waals surface area contributed by atoms with Gasteiger partial charge in [0.2, 0.25) is 0 Å². The van der Waals surface area contributed by atoms with Gasteiger partial charge in [-0.2, -0.15) is 0 Å². The first-order chi connectivity index (χ1) is 15.6. The smallest absolute Gasteiger partial charge is 0.267 e. The molecule has 1 amide bonds. The molecule has 4 N–H and O–H groups in total. The monoisotopic (exact) mass is 439 g/mol. The van der Waals surface area contributed by atoms with Crippen molar-refractivity contribution in [1.82, 2.24) is 15.7 Å². The fraction of sp³-hybridized carbons (Fsp3) is 0.400. The molecule has 172 valence electrons. The van der Waals surface area contributed by atoms with E-state index in [9.17, 15) is 9.90 Å². The van der Waals surface area contributed by atoms with Crippen molar-refractivity contribution in [2.75, 3.05) is 39.9 Å². The summed E-state index contributed by atoms with van der Waals surface area (Å²) in [5.41, 5.74) is 6.33. The van der Waals surface area contributed by atoms with E-state index in [1.165, 1.54) is 22.8 Å². The number of benzene rings is 2. The Labute approximate surface area is 189 Å². The zero-order chi connectivity index (χ0) is 22.8. The van der Waals surface area contributed by atoms with E-state index < -0.39 is 5.91 Å². The second-order valence-corrected chi connectivity index (χ2v) is 7.93. The van der Waals surface area contributed by atoms with Crippen molar-refractivity contribution in [3.63, 3.8) is 0 Å².